The van der Waals surface area contributed by atoms with E-state index in [1.54, 1.807) is 6.26 Å². The Bertz CT molecular complexity index is 791. The zero-order chi connectivity index (χ0) is 15.8. The molecule has 0 amide bonds. The van der Waals surface area contributed by atoms with Crippen molar-refractivity contribution in [2.24, 2.45) is 0 Å². The predicted octanol–water partition coefficient (Wildman–Crippen LogP) is 3.43. The highest BCUT2D eigenvalue weighted by Crippen LogP contribution is 2.26. The summed E-state index contributed by atoms with van der Waals surface area (Å²) in [6.07, 6.45) is 6.93. The molecule has 1 unspecified atom stereocenters. The topological polar surface area (TPSA) is 47.1 Å². The Morgan fingerprint density at radius 3 is 3.00 bits per heavy atom. The summed E-state index contributed by atoms with van der Waals surface area (Å²) < 4.78 is 7.70. The summed E-state index contributed by atoms with van der Waals surface area (Å²) in [5.74, 6) is 1.82. The molecule has 3 aromatic rings. The van der Waals surface area contributed by atoms with Crippen LogP contribution in [0.5, 0.6) is 0 Å². The second-order valence-electron chi connectivity index (χ2n) is 6.49. The number of nitrogens with zero attached hydrogens (tertiary/aromatic N) is 4. The highest BCUT2D eigenvalue weighted by atomic mass is 16.3. The third-order valence-corrected chi connectivity index (χ3v) is 4.72. The molecule has 0 aromatic carbocycles. The van der Waals surface area contributed by atoms with Crippen molar-refractivity contribution in [1.82, 2.24) is 19.4 Å². The zero-order valence-electron chi connectivity index (χ0n) is 13.6. The summed E-state index contributed by atoms with van der Waals surface area (Å²) in [7, 11) is 0. The average molecular weight is 310 g/mol. The molecular weight excluding hydrogens is 288 g/mol. The van der Waals surface area contributed by atoms with E-state index in [1.165, 1.54) is 19.4 Å². The fourth-order valence-corrected chi connectivity index (χ4v) is 3.69. The van der Waals surface area contributed by atoms with Crippen LogP contribution in [0.15, 0.2) is 41.1 Å². The van der Waals surface area contributed by atoms with Crippen LogP contribution < -0.4 is 0 Å². The van der Waals surface area contributed by atoms with E-state index < -0.39 is 0 Å². The first-order valence-electron chi connectivity index (χ1n) is 8.36. The maximum Gasteiger partial charge on any atom is 0.206 e. The zero-order valence-corrected chi connectivity index (χ0v) is 13.6. The molecule has 0 radical (unpaired) electrons. The molecule has 5 nitrogen and oxygen atoms in total. The van der Waals surface area contributed by atoms with E-state index in [0.29, 0.717) is 12.1 Å². The van der Waals surface area contributed by atoms with Crippen LogP contribution in [0.3, 0.4) is 0 Å². The lowest BCUT2D eigenvalue weighted by atomic mass is 10.1. The van der Waals surface area contributed by atoms with Crippen LogP contribution in [0, 0.1) is 0 Å². The molecular formula is C18H22N4O. The van der Waals surface area contributed by atoms with E-state index in [9.17, 15) is 0 Å². The van der Waals surface area contributed by atoms with Gasteiger partial charge in [-0.2, -0.15) is 0 Å². The SMILES string of the molecule is CC(C)N1CCCC1Cc1nc2cccnc2n1-c1ccco1. The van der Waals surface area contributed by atoms with Crippen molar-refractivity contribution < 1.29 is 4.42 Å². The summed E-state index contributed by atoms with van der Waals surface area (Å²) in [5, 5.41) is 0. The number of aromatic nitrogens is 3. The van der Waals surface area contributed by atoms with Gasteiger partial charge in [0.25, 0.3) is 0 Å². The summed E-state index contributed by atoms with van der Waals surface area (Å²) in [4.78, 5) is 11.9. The Morgan fingerprint density at radius 2 is 2.22 bits per heavy atom. The van der Waals surface area contributed by atoms with Gasteiger partial charge in [0, 0.05) is 30.8 Å². The minimum absolute atomic E-state index is 0.542. The quantitative estimate of drug-likeness (QED) is 0.741. The van der Waals surface area contributed by atoms with E-state index in [1.807, 2.05) is 30.5 Å². The first-order chi connectivity index (χ1) is 11.2. The molecule has 5 heteroatoms. The average Bonchev–Trinajstić information content (AvgIpc) is 3.25. The Morgan fingerprint density at radius 1 is 1.30 bits per heavy atom. The van der Waals surface area contributed by atoms with Crippen LogP contribution in [0.25, 0.3) is 17.0 Å². The molecule has 1 aliphatic heterocycles. The monoisotopic (exact) mass is 310 g/mol. The fourth-order valence-electron chi connectivity index (χ4n) is 3.69. The van der Waals surface area contributed by atoms with E-state index in [4.69, 9.17) is 9.40 Å². The number of fused-ring (bicyclic) bond motifs is 1. The Labute approximate surface area is 135 Å². The highest BCUT2D eigenvalue weighted by Gasteiger charge is 2.29. The molecule has 1 atom stereocenters. The number of rotatable bonds is 4. The second-order valence-corrected chi connectivity index (χ2v) is 6.49. The van der Waals surface area contributed by atoms with Gasteiger partial charge in [0.05, 0.1) is 6.26 Å². The van der Waals surface area contributed by atoms with Crippen LogP contribution >= 0.6 is 0 Å². The van der Waals surface area contributed by atoms with Crippen LogP contribution in [-0.2, 0) is 6.42 Å². The number of hydrogen-bond donors (Lipinski definition) is 0. The second kappa shape index (κ2) is 5.81. The lowest BCUT2D eigenvalue weighted by Crippen LogP contribution is -2.37. The fraction of sp³-hybridized carbons (Fsp3) is 0.444. The smallest absolute Gasteiger partial charge is 0.206 e. The lowest BCUT2D eigenvalue weighted by molar-refractivity contribution is 0.200. The van der Waals surface area contributed by atoms with Crippen molar-refractivity contribution >= 4 is 11.2 Å². The van der Waals surface area contributed by atoms with Gasteiger partial charge in [-0.1, -0.05) is 0 Å². The van der Waals surface area contributed by atoms with Gasteiger partial charge in [-0.25, -0.2) is 14.5 Å². The Kier molecular flexibility index (Phi) is 3.65. The largest absolute Gasteiger partial charge is 0.448 e. The molecule has 1 saturated heterocycles. The van der Waals surface area contributed by atoms with Crippen molar-refractivity contribution in [2.75, 3.05) is 6.54 Å². The summed E-state index contributed by atoms with van der Waals surface area (Å²) >= 11 is 0. The summed E-state index contributed by atoms with van der Waals surface area (Å²) in [6, 6.07) is 8.93. The van der Waals surface area contributed by atoms with Gasteiger partial charge in [-0.15, -0.1) is 0 Å². The number of imidazole rings is 1. The van der Waals surface area contributed by atoms with Gasteiger partial charge in [-0.3, -0.25) is 4.90 Å². The van der Waals surface area contributed by atoms with E-state index in [0.717, 1.165) is 29.3 Å². The van der Waals surface area contributed by atoms with Gasteiger partial charge in [0.2, 0.25) is 5.88 Å². The lowest BCUT2D eigenvalue weighted by Gasteiger charge is -2.28. The molecule has 120 valence electrons. The molecule has 0 bridgehead atoms. The van der Waals surface area contributed by atoms with Crippen LogP contribution in [-0.4, -0.2) is 38.1 Å². The van der Waals surface area contributed by atoms with Gasteiger partial charge in [-0.05, 0) is 51.4 Å². The molecule has 0 saturated carbocycles. The summed E-state index contributed by atoms with van der Waals surface area (Å²) in [5.41, 5.74) is 1.79. The minimum Gasteiger partial charge on any atom is -0.448 e. The highest BCUT2D eigenvalue weighted by molar-refractivity contribution is 5.73. The number of likely N-dealkylation sites (tertiary alicyclic amines) is 1. The Balaban J connectivity index is 1.76. The van der Waals surface area contributed by atoms with Crippen LogP contribution in [0.4, 0.5) is 0 Å². The molecule has 4 rings (SSSR count). The molecule has 0 N–H and O–H groups in total. The van der Waals surface area contributed by atoms with Gasteiger partial charge >= 0.3 is 0 Å². The first kappa shape index (κ1) is 14.5. The van der Waals surface area contributed by atoms with E-state index in [2.05, 4.69) is 28.3 Å². The van der Waals surface area contributed by atoms with Crippen molar-refractivity contribution in [2.45, 2.75) is 45.2 Å². The minimum atomic E-state index is 0.542. The molecule has 23 heavy (non-hydrogen) atoms. The maximum atomic E-state index is 5.63. The van der Waals surface area contributed by atoms with Gasteiger partial charge < -0.3 is 4.42 Å². The third-order valence-electron chi connectivity index (χ3n) is 4.72. The molecule has 4 heterocycles. The molecule has 1 aliphatic rings. The number of pyridine rings is 1. The Hall–Kier alpha value is -2.14. The third kappa shape index (κ3) is 2.55. The predicted molar refractivity (Wildman–Crippen MR) is 89.7 cm³/mol. The van der Waals surface area contributed by atoms with Gasteiger partial charge in [0.15, 0.2) is 5.65 Å². The molecule has 3 aromatic heterocycles. The molecule has 1 fully saturated rings. The summed E-state index contributed by atoms with van der Waals surface area (Å²) in [6.45, 7) is 5.73. The van der Waals surface area contributed by atoms with Crippen molar-refractivity contribution in [1.29, 1.82) is 0 Å². The van der Waals surface area contributed by atoms with E-state index >= 15 is 0 Å². The van der Waals surface area contributed by atoms with Crippen molar-refractivity contribution in [3.8, 4) is 5.88 Å². The molecule has 0 spiro atoms. The van der Waals surface area contributed by atoms with Gasteiger partial charge in [0.1, 0.15) is 11.3 Å². The number of furan rings is 1. The normalized spacial score (nSPS) is 19.2. The van der Waals surface area contributed by atoms with E-state index in [-0.39, 0.29) is 0 Å². The van der Waals surface area contributed by atoms with Crippen LogP contribution in [0.1, 0.15) is 32.5 Å². The van der Waals surface area contributed by atoms with Crippen molar-refractivity contribution in [3.05, 3.63) is 42.5 Å². The van der Waals surface area contributed by atoms with Crippen molar-refractivity contribution in [3.63, 3.8) is 0 Å². The first-order valence-corrected chi connectivity index (χ1v) is 8.36. The maximum absolute atomic E-state index is 5.63. The number of hydrogen-bond acceptors (Lipinski definition) is 4. The van der Waals surface area contributed by atoms with Crippen LogP contribution in [0.2, 0.25) is 0 Å². The molecule has 0 aliphatic carbocycles. The standard InChI is InChI=1S/C18H22N4O/c1-13(2)21-10-4-6-14(21)12-16-20-15-7-3-9-19-18(15)22(16)17-8-5-11-23-17/h3,5,7-9,11,13-14H,4,6,10,12H2,1-2H3.